The van der Waals surface area contributed by atoms with Gasteiger partial charge in [0.25, 0.3) is 0 Å². The first-order valence-corrected chi connectivity index (χ1v) is 14.6. The first-order valence-electron chi connectivity index (χ1n) is 14.6. The third-order valence-corrected chi connectivity index (χ3v) is 7.41. The van der Waals surface area contributed by atoms with Gasteiger partial charge in [-0.15, -0.1) is 6.58 Å². The Morgan fingerprint density at radius 3 is 2.40 bits per heavy atom. The number of hydroxylamine groups is 1. The van der Waals surface area contributed by atoms with Gasteiger partial charge in [-0.3, -0.25) is 14.8 Å². The smallest absolute Gasteiger partial charge is 0.243 e. The molecule has 1 fully saturated rings. The average molecular weight is 588 g/mol. The Hall–Kier alpha value is -3.86. The molecule has 0 radical (unpaired) electrons. The fourth-order valence-electron chi connectivity index (χ4n) is 5.16. The van der Waals surface area contributed by atoms with Gasteiger partial charge in [0, 0.05) is 44.5 Å². The lowest BCUT2D eigenvalue weighted by Gasteiger charge is -2.37. The van der Waals surface area contributed by atoms with Gasteiger partial charge in [-0.2, -0.15) is 0 Å². The standard InChI is InChI=1S/C34H41N3O6/c1-3-17-37(2)22-30-20-31(26-15-13-24(23-38)14-16-26)43-34(42-30)29-10-5-9-28(19-29)27-8-4-7-25(18-27)21-35-32(39)11-6-12-33(40)36-41/h3-5,7-10,13-16,18-19,30-31,34,38,41H,1,6,11-12,17,20-23H2,2H3,(H,35,39)(H,36,40). The number of nitrogens with one attached hydrogen (secondary N) is 2. The minimum Gasteiger partial charge on any atom is -0.392 e. The highest BCUT2D eigenvalue weighted by Gasteiger charge is 2.32. The highest BCUT2D eigenvalue weighted by Crippen LogP contribution is 2.39. The van der Waals surface area contributed by atoms with E-state index in [1.807, 2.05) is 79.9 Å². The van der Waals surface area contributed by atoms with Crippen molar-refractivity contribution in [1.29, 1.82) is 0 Å². The molecule has 3 atom stereocenters. The number of carbonyl (C=O) groups is 2. The molecule has 228 valence electrons. The molecule has 0 aromatic heterocycles. The predicted molar refractivity (Wildman–Crippen MR) is 164 cm³/mol. The van der Waals surface area contributed by atoms with Gasteiger partial charge in [0.1, 0.15) is 0 Å². The second-order valence-corrected chi connectivity index (χ2v) is 10.9. The Balaban J connectivity index is 1.47. The van der Waals surface area contributed by atoms with Crippen LogP contribution in [0.2, 0.25) is 0 Å². The molecule has 1 saturated heterocycles. The molecule has 3 aromatic rings. The zero-order valence-corrected chi connectivity index (χ0v) is 24.6. The van der Waals surface area contributed by atoms with Gasteiger partial charge in [-0.1, -0.05) is 66.7 Å². The van der Waals surface area contributed by atoms with Crippen LogP contribution in [-0.2, 0) is 32.2 Å². The van der Waals surface area contributed by atoms with Crippen LogP contribution in [0.25, 0.3) is 11.1 Å². The molecule has 0 aliphatic carbocycles. The maximum atomic E-state index is 12.2. The van der Waals surface area contributed by atoms with E-state index in [4.69, 9.17) is 14.7 Å². The lowest BCUT2D eigenvalue weighted by atomic mass is 9.98. The minimum absolute atomic E-state index is 0.00160. The van der Waals surface area contributed by atoms with Crippen LogP contribution in [0.3, 0.4) is 0 Å². The van der Waals surface area contributed by atoms with Crippen LogP contribution < -0.4 is 10.8 Å². The van der Waals surface area contributed by atoms with Crippen LogP contribution in [0.1, 0.15) is 60.3 Å². The van der Waals surface area contributed by atoms with Crippen LogP contribution in [0.5, 0.6) is 0 Å². The highest BCUT2D eigenvalue weighted by molar-refractivity contribution is 5.78. The number of aliphatic hydroxyl groups is 1. The zero-order valence-electron chi connectivity index (χ0n) is 24.6. The fourth-order valence-corrected chi connectivity index (χ4v) is 5.16. The first kappa shape index (κ1) is 32.1. The molecule has 0 spiro atoms. The molecule has 1 aliphatic rings. The van der Waals surface area contributed by atoms with E-state index in [1.165, 1.54) is 0 Å². The van der Waals surface area contributed by atoms with E-state index in [2.05, 4.69) is 22.9 Å². The summed E-state index contributed by atoms with van der Waals surface area (Å²) in [4.78, 5) is 25.5. The van der Waals surface area contributed by atoms with Crippen LogP contribution in [0.4, 0.5) is 0 Å². The molecule has 1 aliphatic heterocycles. The summed E-state index contributed by atoms with van der Waals surface area (Å²) in [5, 5.41) is 20.9. The maximum absolute atomic E-state index is 12.2. The molecular weight excluding hydrogens is 546 g/mol. The molecule has 2 amide bonds. The number of benzene rings is 3. The van der Waals surface area contributed by atoms with E-state index in [0.717, 1.165) is 46.5 Å². The second kappa shape index (κ2) is 16.1. The summed E-state index contributed by atoms with van der Waals surface area (Å²) in [5.41, 5.74) is 7.34. The summed E-state index contributed by atoms with van der Waals surface area (Å²) in [6.07, 6.45) is 2.45. The van der Waals surface area contributed by atoms with Crippen molar-refractivity contribution in [1.82, 2.24) is 15.7 Å². The monoisotopic (exact) mass is 587 g/mol. The van der Waals surface area contributed by atoms with Crippen molar-refractivity contribution in [2.24, 2.45) is 0 Å². The summed E-state index contributed by atoms with van der Waals surface area (Å²) in [5.74, 6) is -0.659. The fraction of sp³-hybridized carbons (Fsp3) is 0.353. The number of hydrogen-bond donors (Lipinski definition) is 4. The summed E-state index contributed by atoms with van der Waals surface area (Å²) >= 11 is 0. The Morgan fingerprint density at radius 1 is 0.953 bits per heavy atom. The minimum atomic E-state index is -0.561. The maximum Gasteiger partial charge on any atom is 0.243 e. The number of amides is 2. The van der Waals surface area contributed by atoms with Gasteiger partial charge in [0.05, 0.1) is 18.8 Å². The van der Waals surface area contributed by atoms with Crippen LogP contribution in [0, 0.1) is 0 Å². The molecular formula is C34H41N3O6. The molecule has 0 saturated carbocycles. The van der Waals surface area contributed by atoms with Crippen molar-refractivity contribution < 1.29 is 29.4 Å². The van der Waals surface area contributed by atoms with Crippen LogP contribution >= 0.6 is 0 Å². The number of aliphatic hydroxyl groups excluding tert-OH is 1. The van der Waals surface area contributed by atoms with Crippen molar-refractivity contribution in [3.05, 3.63) is 108 Å². The lowest BCUT2D eigenvalue weighted by molar-refractivity contribution is -0.252. The molecule has 1 heterocycles. The molecule has 3 unspecified atom stereocenters. The topological polar surface area (TPSA) is 120 Å². The third kappa shape index (κ3) is 9.57. The molecule has 3 aromatic carbocycles. The average Bonchev–Trinajstić information content (AvgIpc) is 3.04. The van der Waals surface area contributed by atoms with E-state index in [1.54, 1.807) is 5.48 Å². The molecule has 4 N–H and O–H groups in total. The number of ether oxygens (including phenoxy) is 2. The van der Waals surface area contributed by atoms with Crippen molar-refractivity contribution in [2.75, 3.05) is 20.1 Å². The summed E-state index contributed by atoms with van der Waals surface area (Å²) in [6, 6.07) is 24.0. The Bertz CT molecular complexity index is 1360. The van der Waals surface area contributed by atoms with E-state index >= 15 is 0 Å². The quantitative estimate of drug-likeness (QED) is 0.122. The summed E-state index contributed by atoms with van der Waals surface area (Å²) in [7, 11) is 2.05. The number of rotatable bonds is 14. The van der Waals surface area contributed by atoms with E-state index in [0.29, 0.717) is 19.4 Å². The van der Waals surface area contributed by atoms with Crippen molar-refractivity contribution in [3.8, 4) is 11.1 Å². The normalized spacial score (nSPS) is 18.3. The molecule has 4 rings (SSSR count). The Kier molecular flexibility index (Phi) is 12.0. The lowest BCUT2D eigenvalue weighted by Crippen LogP contribution is -2.37. The SMILES string of the molecule is C=CCN(C)CC1CC(c2ccc(CO)cc2)OC(c2cccc(-c3cccc(CNC(=O)CCCC(=O)NO)c3)c2)O1. The van der Waals surface area contributed by atoms with Gasteiger partial charge in [0.2, 0.25) is 11.8 Å². The molecule has 43 heavy (non-hydrogen) atoms. The van der Waals surface area contributed by atoms with Crippen LogP contribution in [-0.4, -0.2) is 53.3 Å². The van der Waals surface area contributed by atoms with Gasteiger partial charge in [0.15, 0.2) is 6.29 Å². The third-order valence-electron chi connectivity index (χ3n) is 7.41. The molecule has 9 heteroatoms. The Morgan fingerprint density at radius 2 is 1.67 bits per heavy atom. The van der Waals surface area contributed by atoms with E-state index < -0.39 is 12.2 Å². The highest BCUT2D eigenvalue weighted by atomic mass is 16.7. The van der Waals surface area contributed by atoms with Gasteiger partial charge < -0.3 is 24.8 Å². The van der Waals surface area contributed by atoms with E-state index in [9.17, 15) is 14.7 Å². The van der Waals surface area contributed by atoms with Crippen molar-refractivity contribution in [3.63, 3.8) is 0 Å². The van der Waals surface area contributed by atoms with Crippen LogP contribution in [0.15, 0.2) is 85.5 Å². The predicted octanol–water partition coefficient (Wildman–Crippen LogP) is 4.80. The summed E-state index contributed by atoms with van der Waals surface area (Å²) < 4.78 is 13.0. The number of nitrogens with zero attached hydrogens (tertiary/aromatic N) is 1. The van der Waals surface area contributed by atoms with Gasteiger partial charge in [-0.25, -0.2) is 5.48 Å². The number of hydrogen-bond acceptors (Lipinski definition) is 7. The first-order chi connectivity index (χ1) is 20.9. The van der Waals surface area contributed by atoms with E-state index in [-0.39, 0.29) is 37.6 Å². The summed E-state index contributed by atoms with van der Waals surface area (Å²) in [6.45, 7) is 5.71. The Labute approximate surface area is 253 Å². The van der Waals surface area contributed by atoms with Gasteiger partial charge in [-0.05, 0) is 53.4 Å². The van der Waals surface area contributed by atoms with Gasteiger partial charge >= 0.3 is 0 Å². The largest absolute Gasteiger partial charge is 0.392 e. The number of likely N-dealkylation sites (N-methyl/N-ethyl adjacent to an activating group) is 1. The molecule has 9 nitrogen and oxygen atoms in total. The van der Waals surface area contributed by atoms with Crippen molar-refractivity contribution in [2.45, 2.75) is 57.3 Å². The van der Waals surface area contributed by atoms with Crippen molar-refractivity contribution >= 4 is 11.8 Å². The number of carbonyl (C=O) groups excluding carboxylic acids is 2. The second-order valence-electron chi connectivity index (χ2n) is 10.9. The zero-order chi connectivity index (χ0) is 30.6. The molecule has 0 bridgehead atoms.